The van der Waals surface area contributed by atoms with Crippen LogP contribution in [0, 0.1) is 11.3 Å². The highest BCUT2D eigenvalue weighted by atomic mass is 19.4. The van der Waals surface area contributed by atoms with Crippen LogP contribution in [0.25, 0.3) is 11.3 Å². The first-order valence-corrected chi connectivity index (χ1v) is 8.42. The smallest absolute Gasteiger partial charge is 0.353 e. The lowest BCUT2D eigenvalue weighted by Gasteiger charge is -2.40. The van der Waals surface area contributed by atoms with Gasteiger partial charge >= 0.3 is 6.18 Å². The molecule has 2 fully saturated rings. The summed E-state index contributed by atoms with van der Waals surface area (Å²) >= 11 is 0. The molecule has 0 saturated carbocycles. The molecule has 2 aromatic heterocycles. The number of pyridine rings is 1. The molecule has 0 unspecified atom stereocenters. The quantitative estimate of drug-likeness (QED) is 0.909. The molecule has 2 saturated heterocycles. The fourth-order valence-electron chi connectivity index (χ4n) is 3.18. The second-order valence-electron chi connectivity index (χ2n) is 6.72. The van der Waals surface area contributed by atoms with Gasteiger partial charge in [-0.3, -0.25) is 4.68 Å². The van der Waals surface area contributed by atoms with Crippen LogP contribution >= 0.6 is 0 Å². The lowest BCUT2D eigenvalue weighted by Crippen LogP contribution is -2.46. The highest BCUT2D eigenvalue weighted by Crippen LogP contribution is 2.39. The Morgan fingerprint density at radius 1 is 1.35 bits per heavy atom. The predicted octanol–water partition coefficient (Wildman–Crippen LogP) is 2.58. The van der Waals surface area contributed by atoms with Crippen molar-refractivity contribution in [3.63, 3.8) is 0 Å². The second-order valence-corrected chi connectivity index (χ2v) is 6.72. The average Bonchev–Trinajstić information content (AvgIpc) is 2.99. The fraction of sp³-hybridized carbons (Fsp3) is 0.471. The van der Waals surface area contributed by atoms with E-state index in [0.29, 0.717) is 12.1 Å². The predicted molar refractivity (Wildman–Crippen MR) is 88.5 cm³/mol. The maximum atomic E-state index is 13.6. The van der Waals surface area contributed by atoms with Gasteiger partial charge in [-0.2, -0.15) is 23.5 Å². The maximum Gasteiger partial charge on any atom is 0.417 e. The Bertz CT molecular complexity index is 878. The van der Waals surface area contributed by atoms with E-state index in [1.165, 1.54) is 6.20 Å². The number of anilines is 1. The van der Waals surface area contributed by atoms with E-state index in [2.05, 4.69) is 15.4 Å². The molecule has 0 amide bonds. The number of nitrogens with one attached hydrogen (secondary N) is 1. The van der Waals surface area contributed by atoms with Gasteiger partial charge < -0.3 is 10.2 Å². The van der Waals surface area contributed by atoms with Crippen molar-refractivity contribution in [2.24, 2.45) is 0 Å². The number of nitrogens with zero attached hydrogens (tertiary/aromatic N) is 5. The summed E-state index contributed by atoms with van der Waals surface area (Å²) in [5.41, 5.74) is -0.661. The normalized spacial score (nSPS) is 20.4. The molecule has 2 aliphatic rings. The lowest BCUT2D eigenvalue weighted by molar-refractivity contribution is -0.137. The van der Waals surface area contributed by atoms with Crippen molar-refractivity contribution >= 4 is 5.82 Å². The number of halogens is 3. The summed E-state index contributed by atoms with van der Waals surface area (Å²) in [5.74, 6) is 0.106. The zero-order chi connectivity index (χ0) is 18.5. The Balaban J connectivity index is 1.83. The van der Waals surface area contributed by atoms with Gasteiger partial charge in [0.25, 0.3) is 0 Å². The molecule has 0 aromatic carbocycles. The SMILES string of the molecule is C[C@H]1CCN1c1nc(-c2cnn(C3CNC3)c2)cc(C(F)(F)F)c1C#N. The number of rotatable bonds is 3. The molecule has 9 heteroatoms. The van der Waals surface area contributed by atoms with E-state index in [0.717, 1.165) is 25.6 Å². The number of hydrogen-bond donors (Lipinski definition) is 1. The third-order valence-electron chi connectivity index (χ3n) is 5.04. The van der Waals surface area contributed by atoms with Gasteiger partial charge in [-0.05, 0) is 19.4 Å². The topological polar surface area (TPSA) is 69.8 Å². The first kappa shape index (κ1) is 16.8. The molecule has 4 heterocycles. The van der Waals surface area contributed by atoms with Crippen LogP contribution in [0.1, 0.15) is 30.5 Å². The third-order valence-corrected chi connectivity index (χ3v) is 5.04. The number of alkyl halides is 3. The van der Waals surface area contributed by atoms with E-state index >= 15 is 0 Å². The molecule has 1 atom stereocenters. The first-order chi connectivity index (χ1) is 12.4. The van der Waals surface area contributed by atoms with Crippen LogP contribution in [0.4, 0.5) is 19.0 Å². The van der Waals surface area contributed by atoms with E-state index in [-0.39, 0.29) is 23.6 Å². The van der Waals surface area contributed by atoms with Crippen molar-refractivity contribution in [1.29, 1.82) is 5.26 Å². The molecule has 2 aliphatic heterocycles. The zero-order valence-electron chi connectivity index (χ0n) is 14.1. The highest BCUT2D eigenvalue weighted by Gasteiger charge is 2.38. The largest absolute Gasteiger partial charge is 0.417 e. The van der Waals surface area contributed by atoms with Gasteiger partial charge in [0.1, 0.15) is 17.5 Å². The molecule has 1 N–H and O–H groups in total. The molecular weight excluding hydrogens is 345 g/mol. The molecular formula is C17H17F3N6. The summed E-state index contributed by atoms with van der Waals surface area (Å²) in [6.07, 6.45) is -0.524. The second kappa shape index (κ2) is 5.99. The van der Waals surface area contributed by atoms with Gasteiger partial charge in [0, 0.05) is 37.4 Å². The summed E-state index contributed by atoms with van der Waals surface area (Å²) in [6, 6.07) is 2.93. The van der Waals surface area contributed by atoms with E-state index < -0.39 is 17.3 Å². The molecule has 2 aromatic rings. The highest BCUT2D eigenvalue weighted by molar-refractivity contribution is 5.68. The van der Waals surface area contributed by atoms with Gasteiger partial charge in [-0.1, -0.05) is 0 Å². The molecule has 0 aliphatic carbocycles. The molecule has 0 bridgehead atoms. The molecule has 136 valence electrons. The van der Waals surface area contributed by atoms with Gasteiger partial charge in [-0.15, -0.1) is 0 Å². The van der Waals surface area contributed by atoms with E-state index in [1.807, 2.05) is 6.92 Å². The molecule has 0 radical (unpaired) electrons. The minimum Gasteiger partial charge on any atom is -0.353 e. The van der Waals surface area contributed by atoms with E-state index in [9.17, 15) is 18.4 Å². The van der Waals surface area contributed by atoms with Gasteiger partial charge in [0.05, 0.1) is 23.5 Å². The van der Waals surface area contributed by atoms with Crippen molar-refractivity contribution < 1.29 is 13.2 Å². The molecule has 26 heavy (non-hydrogen) atoms. The van der Waals surface area contributed by atoms with Crippen LogP contribution in [0.3, 0.4) is 0 Å². The maximum absolute atomic E-state index is 13.6. The Labute approximate surface area is 148 Å². The Kier molecular flexibility index (Phi) is 3.88. The first-order valence-electron chi connectivity index (χ1n) is 8.42. The van der Waals surface area contributed by atoms with Crippen LogP contribution in [0.2, 0.25) is 0 Å². The summed E-state index contributed by atoms with van der Waals surface area (Å²) in [7, 11) is 0. The van der Waals surface area contributed by atoms with Crippen molar-refractivity contribution in [2.45, 2.75) is 31.6 Å². The molecule has 6 nitrogen and oxygen atoms in total. The van der Waals surface area contributed by atoms with Crippen molar-refractivity contribution in [1.82, 2.24) is 20.1 Å². The van der Waals surface area contributed by atoms with Crippen LogP contribution in [0.15, 0.2) is 18.5 Å². The molecule has 4 rings (SSSR count). The van der Waals surface area contributed by atoms with Crippen LogP contribution < -0.4 is 10.2 Å². The van der Waals surface area contributed by atoms with Crippen molar-refractivity contribution in [3.8, 4) is 17.3 Å². The standard InChI is InChI=1S/C17H17F3N6/c1-10-2-3-25(10)16-13(5-21)14(17(18,19)20)4-15(24-16)11-6-23-26(9-11)12-7-22-8-12/h4,6,9-10,12,22H,2-3,7-8H2,1H3/t10-/m0/s1. The Morgan fingerprint density at radius 2 is 2.12 bits per heavy atom. The fourth-order valence-corrected chi connectivity index (χ4v) is 3.18. The minimum atomic E-state index is -4.63. The van der Waals surface area contributed by atoms with Gasteiger partial charge in [0.2, 0.25) is 0 Å². The van der Waals surface area contributed by atoms with E-state index in [4.69, 9.17) is 0 Å². The Hall–Kier alpha value is -2.60. The van der Waals surface area contributed by atoms with Crippen molar-refractivity contribution in [2.75, 3.05) is 24.5 Å². The third kappa shape index (κ3) is 2.70. The lowest BCUT2D eigenvalue weighted by atomic mass is 10.0. The van der Waals surface area contributed by atoms with Gasteiger partial charge in [0.15, 0.2) is 0 Å². The number of hydrogen-bond acceptors (Lipinski definition) is 5. The van der Waals surface area contributed by atoms with E-state index in [1.54, 1.807) is 21.8 Å². The summed E-state index contributed by atoms with van der Waals surface area (Å²) in [6.45, 7) is 4.07. The monoisotopic (exact) mass is 362 g/mol. The number of aromatic nitrogens is 3. The Morgan fingerprint density at radius 3 is 2.62 bits per heavy atom. The van der Waals surface area contributed by atoms with Gasteiger partial charge in [-0.25, -0.2) is 4.98 Å². The van der Waals surface area contributed by atoms with Crippen LogP contribution in [-0.2, 0) is 6.18 Å². The summed E-state index contributed by atoms with van der Waals surface area (Å²) in [5, 5.41) is 16.7. The summed E-state index contributed by atoms with van der Waals surface area (Å²) in [4.78, 5) is 6.16. The minimum absolute atomic E-state index is 0.0645. The van der Waals surface area contributed by atoms with Crippen LogP contribution in [0.5, 0.6) is 0 Å². The number of nitriles is 1. The zero-order valence-corrected chi connectivity index (χ0v) is 14.1. The van der Waals surface area contributed by atoms with Crippen molar-refractivity contribution in [3.05, 3.63) is 29.6 Å². The molecule has 0 spiro atoms. The summed E-state index contributed by atoms with van der Waals surface area (Å²) < 4.78 is 42.4. The average molecular weight is 362 g/mol. The van der Waals surface area contributed by atoms with Crippen LogP contribution in [-0.4, -0.2) is 40.4 Å².